The van der Waals surface area contributed by atoms with Gasteiger partial charge in [0.05, 0.1) is 10.9 Å². The molecule has 0 bridgehead atoms. The standard InChI is InChI=1S/C15H19N3O/c1-3-5-11-18-14(19)12-8-6-7-9-13(12)17(10-4-2)15(18)16/h4,6-9,16H,2-3,5,10-11H2,1H3. The molecule has 0 aliphatic heterocycles. The van der Waals surface area contributed by atoms with Crippen molar-refractivity contribution in [1.29, 1.82) is 5.41 Å². The highest BCUT2D eigenvalue weighted by molar-refractivity contribution is 5.77. The van der Waals surface area contributed by atoms with E-state index >= 15 is 0 Å². The van der Waals surface area contributed by atoms with Gasteiger partial charge in [0.15, 0.2) is 0 Å². The normalized spacial score (nSPS) is 10.8. The molecule has 2 rings (SSSR count). The maximum Gasteiger partial charge on any atom is 0.262 e. The van der Waals surface area contributed by atoms with E-state index in [1.54, 1.807) is 10.6 Å². The zero-order valence-corrected chi connectivity index (χ0v) is 11.2. The molecule has 4 nitrogen and oxygen atoms in total. The van der Waals surface area contributed by atoms with E-state index in [9.17, 15) is 4.79 Å². The van der Waals surface area contributed by atoms with E-state index < -0.39 is 0 Å². The number of fused-ring (bicyclic) bond motifs is 1. The molecular weight excluding hydrogens is 238 g/mol. The number of unbranched alkanes of at least 4 members (excludes halogenated alkanes) is 1. The zero-order valence-electron chi connectivity index (χ0n) is 11.2. The van der Waals surface area contributed by atoms with Crippen molar-refractivity contribution in [2.75, 3.05) is 0 Å². The summed E-state index contributed by atoms with van der Waals surface area (Å²) in [5.74, 6) is 0. The summed E-state index contributed by atoms with van der Waals surface area (Å²) in [6, 6.07) is 7.44. The highest BCUT2D eigenvalue weighted by Crippen LogP contribution is 2.07. The number of hydrogen-bond donors (Lipinski definition) is 1. The van der Waals surface area contributed by atoms with Crippen LogP contribution < -0.4 is 11.2 Å². The highest BCUT2D eigenvalue weighted by atomic mass is 16.1. The Hall–Kier alpha value is -2.10. The van der Waals surface area contributed by atoms with Crippen LogP contribution >= 0.6 is 0 Å². The Morgan fingerprint density at radius 3 is 2.74 bits per heavy atom. The number of para-hydroxylation sites is 1. The lowest BCUT2D eigenvalue weighted by Gasteiger charge is -2.14. The maximum atomic E-state index is 12.4. The van der Waals surface area contributed by atoms with Crippen LogP contribution in [0, 0.1) is 5.41 Å². The lowest BCUT2D eigenvalue weighted by atomic mass is 10.2. The average Bonchev–Trinajstić information content (AvgIpc) is 2.43. The lowest BCUT2D eigenvalue weighted by Crippen LogP contribution is -2.40. The van der Waals surface area contributed by atoms with Crippen LogP contribution in [-0.2, 0) is 13.1 Å². The second-order valence-corrected chi connectivity index (χ2v) is 4.55. The summed E-state index contributed by atoms with van der Waals surface area (Å²) in [5, 5.41) is 8.89. The van der Waals surface area contributed by atoms with Crippen LogP contribution in [0.3, 0.4) is 0 Å². The molecule has 100 valence electrons. The van der Waals surface area contributed by atoms with Gasteiger partial charge in [0.2, 0.25) is 5.62 Å². The molecule has 0 spiro atoms. The highest BCUT2D eigenvalue weighted by Gasteiger charge is 2.09. The van der Waals surface area contributed by atoms with E-state index in [2.05, 4.69) is 13.5 Å². The van der Waals surface area contributed by atoms with E-state index in [0.29, 0.717) is 18.5 Å². The third-order valence-electron chi connectivity index (χ3n) is 3.23. The van der Waals surface area contributed by atoms with Gasteiger partial charge in [0.25, 0.3) is 5.56 Å². The zero-order chi connectivity index (χ0) is 13.8. The number of rotatable bonds is 5. The molecule has 0 radical (unpaired) electrons. The summed E-state index contributed by atoms with van der Waals surface area (Å²) in [4.78, 5) is 12.4. The SMILES string of the molecule is C=CCn1c(=N)n(CCCC)c(=O)c2ccccc21. The predicted octanol–water partition coefficient (Wildman–Crippen LogP) is 2.27. The first-order valence-corrected chi connectivity index (χ1v) is 6.58. The molecular formula is C15H19N3O. The molecule has 1 heterocycles. The predicted molar refractivity (Wildman–Crippen MR) is 77.2 cm³/mol. The Morgan fingerprint density at radius 2 is 2.05 bits per heavy atom. The van der Waals surface area contributed by atoms with Crippen molar-refractivity contribution in [2.45, 2.75) is 32.9 Å². The molecule has 0 aliphatic rings. The van der Waals surface area contributed by atoms with Crippen LogP contribution in [0.2, 0.25) is 0 Å². The van der Waals surface area contributed by atoms with E-state index in [-0.39, 0.29) is 11.2 Å². The van der Waals surface area contributed by atoms with Crippen LogP contribution in [0.4, 0.5) is 0 Å². The number of hydrogen-bond acceptors (Lipinski definition) is 2. The van der Waals surface area contributed by atoms with Crippen LogP contribution in [0.5, 0.6) is 0 Å². The monoisotopic (exact) mass is 257 g/mol. The summed E-state index contributed by atoms with van der Waals surface area (Å²) in [6.07, 6.45) is 3.65. The molecule has 4 heteroatoms. The number of nitrogens with one attached hydrogen (secondary N) is 1. The van der Waals surface area contributed by atoms with Crippen molar-refractivity contribution in [3.8, 4) is 0 Å². The van der Waals surface area contributed by atoms with Gasteiger partial charge in [0.1, 0.15) is 0 Å². The van der Waals surface area contributed by atoms with Gasteiger partial charge < -0.3 is 4.57 Å². The second kappa shape index (κ2) is 5.69. The molecule has 0 atom stereocenters. The molecule has 0 unspecified atom stereocenters. The largest absolute Gasteiger partial charge is 0.308 e. The van der Waals surface area contributed by atoms with E-state index in [4.69, 9.17) is 5.41 Å². The van der Waals surface area contributed by atoms with Crippen LogP contribution in [0.25, 0.3) is 10.9 Å². The number of aromatic nitrogens is 2. The van der Waals surface area contributed by atoms with Gasteiger partial charge in [-0.25, -0.2) is 0 Å². The third-order valence-corrected chi connectivity index (χ3v) is 3.23. The van der Waals surface area contributed by atoms with Gasteiger partial charge in [-0.05, 0) is 18.6 Å². The number of benzene rings is 1. The van der Waals surface area contributed by atoms with Crippen molar-refractivity contribution < 1.29 is 0 Å². The fourth-order valence-corrected chi connectivity index (χ4v) is 2.23. The quantitative estimate of drug-likeness (QED) is 0.821. The van der Waals surface area contributed by atoms with Gasteiger partial charge in [0, 0.05) is 13.1 Å². The molecule has 0 saturated carbocycles. The molecule has 0 saturated heterocycles. The number of allylic oxidation sites excluding steroid dienone is 1. The van der Waals surface area contributed by atoms with Crippen molar-refractivity contribution in [3.05, 3.63) is 52.9 Å². The Kier molecular flexibility index (Phi) is 4.00. The fourth-order valence-electron chi connectivity index (χ4n) is 2.23. The number of nitrogens with zero attached hydrogens (tertiary/aromatic N) is 2. The average molecular weight is 257 g/mol. The first-order valence-electron chi connectivity index (χ1n) is 6.58. The molecule has 1 N–H and O–H groups in total. The second-order valence-electron chi connectivity index (χ2n) is 4.55. The van der Waals surface area contributed by atoms with Crippen molar-refractivity contribution in [2.24, 2.45) is 0 Å². The minimum Gasteiger partial charge on any atom is -0.308 e. The van der Waals surface area contributed by atoms with Gasteiger partial charge in [-0.2, -0.15) is 0 Å². The first-order chi connectivity index (χ1) is 9.20. The molecule has 0 aliphatic carbocycles. The van der Waals surface area contributed by atoms with Gasteiger partial charge >= 0.3 is 0 Å². The Bertz CT molecular complexity index is 709. The van der Waals surface area contributed by atoms with E-state index in [1.807, 2.05) is 28.8 Å². The minimum absolute atomic E-state index is 0.0747. The smallest absolute Gasteiger partial charge is 0.262 e. The summed E-state index contributed by atoms with van der Waals surface area (Å²) in [7, 11) is 0. The van der Waals surface area contributed by atoms with Crippen molar-refractivity contribution in [1.82, 2.24) is 9.13 Å². The fraction of sp³-hybridized carbons (Fsp3) is 0.333. The summed E-state index contributed by atoms with van der Waals surface area (Å²) in [6.45, 7) is 6.93. The van der Waals surface area contributed by atoms with E-state index in [0.717, 1.165) is 18.4 Å². The van der Waals surface area contributed by atoms with Gasteiger partial charge in [-0.3, -0.25) is 14.8 Å². The third kappa shape index (κ3) is 2.38. The molecule has 0 amide bonds. The molecule has 1 aromatic heterocycles. The topological polar surface area (TPSA) is 50.8 Å². The maximum absolute atomic E-state index is 12.4. The molecule has 1 aromatic carbocycles. The van der Waals surface area contributed by atoms with Crippen LogP contribution in [0.1, 0.15) is 19.8 Å². The lowest BCUT2D eigenvalue weighted by molar-refractivity contribution is 0.541. The van der Waals surface area contributed by atoms with Crippen molar-refractivity contribution in [3.63, 3.8) is 0 Å². The van der Waals surface area contributed by atoms with Crippen LogP contribution in [0.15, 0.2) is 41.7 Å². The summed E-state index contributed by atoms with van der Waals surface area (Å²) in [5.41, 5.74) is 0.969. The van der Waals surface area contributed by atoms with Crippen molar-refractivity contribution >= 4 is 10.9 Å². The first kappa shape index (κ1) is 13.3. The van der Waals surface area contributed by atoms with Gasteiger partial charge in [-0.15, -0.1) is 6.58 Å². The summed E-state index contributed by atoms with van der Waals surface area (Å²) < 4.78 is 3.37. The Morgan fingerprint density at radius 1 is 1.32 bits per heavy atom. The summed E-state index contributed by atoms with van der Waals surface area (Å²) >= 11 is 0. The molecule has 19 heavy (non-hydrogen) atoms. The molecule has 2 aromatic rings. The van der Waals surface area contributed by atoms with E-state index in [1.165, 1.54) is 0 Å². The Balaban J connectivity index is 2.79. The van der Waals surface area contributed by atoms with Crippen LogP contribution in [-0.4, -0.2) is 9.13 Å². The van der Waals surface area contributed by atoms with Gasteiger partial charge in [-0.1, -0.05) is 31.6 Å². The minimum atomic E-state index is -0.0747. The Labute approximate surface area is 112 Å². The molecule has 0 fully saturated rings.